The number of aromatic nitrogens is 2. The average Bonchev–Trinajstić information content (AvgIpc) is 3.38. The molecular formula is C22H20Cl2N4O3. The minimum absolute atomic E-state index is 0.312. The number of rotatable bonds is 6. The third kappa shape index (κ3) is 4.68. The Balaban J connectivity index is 1.40. The van der Waals surface area contributed by atoms with Gasteiger partial charge in [0.05, 0.1) is 19.4 Å². The Morgan fingerprint density at radius 2 is 1.94 bits per heavy atom. The zero-order chi connectivity index (χ0) is 22.0. The summed E-state index contributed by atoms with van der Waals surface area (Å²) in [4.78, 5) is 18.0. The molecule has 0 spiro atoms. The number of nitrogens with one attached hydrogen (secondary N) is 1. The SMILES string of the molecule is COc1ccc(C2=NOC(C(=O)Nc3cc(C)n(Cc4c(Cl)cccc4Cl)n3)C2)cc1. The number of hydrogen-bond donors (Lipinski definition) is 1. The maximum absolute atomic E-state index is 12.7. The highest BCUT2D eigenvalue weighted by Gasteiger charge is 2.29. The summed E-state index contributed by atoms with van der Waals surface area (Å²) in [6.07, 6.45) is -0.354. The van der Waals surface area contributed by atoms with Crippen LogP contribution in [0, 0.1) is 6.92 Å². The molecular weight excluding hydrogens is 439 g/mol. The van der Waals surface area contributed by atoms with E-state index in [-0.39, 0.29) is 5.91 Å². The molecule has 1 atom stereocenters. The molecule has 31 heavy (non-hydrogen) atoms. The van der Waals surface area contributed by atoms with Crippen LogP contribution in [-0.4, -0.2) is 34.6 Å². The van der Waals surface area contributed by atoms with Gasteiger partial charge >= 0.3 is 0 Å². The van der Waals surface area contributed by atoms with Gasteiger partial charge < -0.3 is 14.9 Å². The predicted molar refractivity (Wildman–Crippen MR) is 120 cm³/mol. The second kappa shape index (κ2) is 8.99. The molecule has 1 aliphatic heterocycles. The zero-order valence-corrected chi connectivity index (χ0v) is 18.4. The number of nitrogens with zero attached hydrogens (tertiary/aromatic N) is 3. The fraction of sp³-hybridized carbons (Fsp3) is 0.227. The monoisotopic (exact) mass is 458 g/mol. The summed E-state index contributed by atoms with van der Waals surface area (Å²) in [5, 5.41) is 12.4. The summed E-state index contributed by atoms with van der Waals surface area (Å²) in [5.74, 6) is 0.862. The van der Waals surface area contributed by atoms with Crippen LogP contribution in [0.15, 0.2) is 53.7 Å². The fourth-order valence-electron chi connectivity index (χ4n) is 3.24. The van der Waals surface area contributed by atoms with Gasteiger partial charge in [-0.25, -0.2) is 0 Å². The number of halogens is 2. The van der Waals surface area contributed by atoms with Crippen LogP contribution in [0.5, 0.6) is 5.75 Å². The standard InChI is InChI=1S/C22H20Cl2N4O3/c1-13-10-21(26-28(13)12-16-17(23)4-3-5-18(16)24)25-22(29)20-11-19(27-31-20)14-6-8-15(30-2)9-7-14/h3-10,20H,11-12H2,1-2H3,(H,25,26,29). The number of ether oxygens (including phenoxy) is 1. The van der Waals surface area contributed by atoms with Crippen molar-refractivity contribution < 1.29 is 14.4 Å². The van der Waals surface area contributed by atoms with Gasteiger partial charge in [-0.05, 0) is 48.9 Å². The highest BCUT2D eigenvalue weighted by Crippen LogP contribution is 2.26. The van der Waals surface area contributed by atoms with Gasteiger partial charge in [0, 0.05) is 33.8 Å². The van der Waals surface area contributed by atoms with Crippen LogP contribution in [0.4, 0.5) is 5.82 Å². The first-order valence-corrected chi connectivity index (χ1v) is 10.4. The van der Waals surface area contributed by atoms with Gasteiger partial charge in [0.1, 0.15) is 5.75 Å². The summed E-state index contributed by atoms with van der Waals surface area (Å²) in [6.45, 7) is 2.29. The molecule has 1 aromatic heterocycles. The van der Waals surface area contributed by atoms with Gasteiger partial charge in [-0.1, -0.05) is 34.4 Å². The Morgan fingerprint density at radius 3 is 2.61 bits per heavy atom. The predicted octanol–water partition coefficient (Wildman–Crippen LogP) is 4.69. The van der Waals surface area contributed by atoms with Crippen molar-refractivity contribution in [3.8, 4) is 5.75 Å². The van der Waals surface area contributed by atoms with E-state index < -0.39 is 6.10 Å². The Hall–Kier alpha value is -3.03. The van der Waals surface area contributed by atoms with E-state index in [2.05, 4.69) is 15.6 Å². The van der Waals surface area contributed by atoms with Gasteiger partial charge in [-0.2, -0.15) is 5.10 Å². The molecule has 1 N–H and O–H groups in total. The number of benzene rings is 2. The zero-order valence-electron chi connectivity index (χ0n) is 16.9. The first kappa shape index (κ1) is 21.2. The maximum Gasteiger partial charge on any atom is 0.269 e. The van der Waals surface area contributed by atoms with Crippen LogP contribution in [0.25, 0.3) is 0 Å². The summed E-state index contributed by atoms with van der Waals surface area (Å²) in [5.41, 5.74) is 3.21. The van der Waals surface area contributed by atoms with E-state index in [4.69, 9.17) is 32.8 Å². The molecule has 160 valence electrons. The summed E-state index contributed by atoms with van der Waals surface area (Å²) < 4.78 is 6.89. The molecule has 2 aromatic carbocycles. The number of methoxy groups -OCH3 is 1. The Kier molecular flexibility index (Phi) is 6.15. The van der Waals surface area contributed by atoms with Gasteiger partial charge in [-0.15, -0.1) is 0 Å². The van der Waals surface area contributed by atoms with Gasteiger partial charge in [0.15, 0.2) is 5.82 Å². The minimum atomic E-state index is -0.722. The molecule has 3 aromatic rings. The van der Waals surface area contributed by atoms with Crippen molar-refractivity contribution in [1.82, 2.24) is 9.78 Å². The average molecular weight is 459 g/mol. The van der Waals surface area contributed by atoms with E-state index >= 15 is 0 Å². The third-order valence-electron chi connectivity index (χ3n) is 4.99. The van der Waals surface area contributed by atoms with E-state index in [9.17, 15) is 4.79 Å². The van der Waals surface area contributed by atoms with E-state index in [1.165, 1.54) is 0 Å². The smallest absolute Gasteiger partial charge is 0.269 e. The largest absolute Gasteiger partial charge is 0.497 e. The topological polar surface area (TPSA) is 77.7 Å². The fourth-order valence-corrected chi connectivity index (χ4v) is 3.76. The van der Waals surface area contributed by atoms with Crippen molar-refractivity contribution in [2.24, 2.45) is 5.16 Å². The maximum atomic E-state index is 12.7. The van der Waals surface area contributed by atoms with Gasteiger partial charge in [0.25, 0.3) is 5.91 Å². The molecule has 0 bridgehead atoms. The Morgan fingerprint density at radius 1 is 1.23 bits per heavy atom. The molecule has 7 nitrogen and oxygen atoms in total. The van der Waals surface area contributed by atoms with E-state index in [0.717, 1.165) is 22.6 Å². The number of anilines is 1. The lowest BCUT2D eigenvalue weighted by Crippen LogP contribution is -2.28. The molecule has 1 aliphatic rings. The Bertz CT molecular complexity index is 1120. The Labute approximate surface area is 189 Å². The number of aryl methyl sites for hydroxylation is 1. The van der Waals surface area contributed by atoms with Crippen molar-refractivity contribution >= 4 is 40.6 Å². The molecule has 4 rings (SSSR count). The van der Waals surface area contributed by atoms with Crippen LogP contribution in [0.1, 0.15) is 23.2 Å². The summed E-state index contributed by atoms with van der Waals surface area (Å²) in [7, 11) is 1.61. The van der Waals surface area contributed by atoms with Crippen molar-refractivity contribution in [2.45, 2.75) is 26.0 Å². The van der Waals surface area contributed by atoms with Crippen LogP contribution in [-0.2, 0) is 16.2 Å². The normalized spacial score (nSPS) is 15.4. The van der Waals surface area contributed by atoms with Crippen LogP contribution < -0.4 is 10.1 Å². The number of carbonyl (C=O) groups excluding carboxylic acids is 1. The van der Waals surface area contributed by atoms with E-state index in [0.29, 0.717) is 34.5 Å². The molecule has 0 aliphatic carbocycles. The molecule has 1 unspecified atom stereocenters. The van der Waals surface area contributed by atoms with Gasteiger partial charge in [0.2, 0.25) is 6.10 Å². The minimum Gasteiger partial charge on any atom is -0.497 e. The number of amides is 1. The first-order chi connectivity index (χ1) is 14.9. The molecule has 2 heterocycles. The molecule has 0 fully saturated rings. The van der Waals surface area contributed by atoms with Crippen molar-refractivity contribution in [1.29, 1.82) is 0 Å². The highest BCUT2D eigenvalue weighted by atomic mass is 35.5. The number of hydrogen-bond acceptors (Lipinski definition) is 5. The lowest BCUT2D eigenvalue weighted by molar-refractivity contribution is -0.125. The lowest BCUT2D eigenvalue weighted by Gasteiger charge is -2.09. The lowest BCUT2D eigenvalue weighted by atomic mass is 10.0. The van der Waals surface area contributed by atoms with Crippen LogP contribution >= 0.6 is 23.2 Å². The molecule has 9 heteroatoms. The second-order valence-electron chi connectivity index (χ2n) is 7.08. The quantitative estimate of drug-likeness (QED) is 0.581. The number of oxime groups is 1. The van der Waals surface area contributed by atoms with E-state index in [1.54, 1.807) is 36.1 Å². The summed E-state index contributed by atoms with van der Waals surface area (Å²) in [6, 6.07) is 14.6. The van der Waals surface area contributed by atoms with E-state index in [1.807, 2.05) is 31.2 Å². The third-order valence-corrected chi connectivity index (χ3v) is 5.69. The number of carbonyl (C=O) groups is 1. The van der Waals surface area contributed by atoms with Crippen molar-refractivity contribution in [3.63, 3.8) is 0 Å². The van der Waals surface area contributed by atoms with Crippen LogP contribution in [0.2, 0.25) is 10.0 Å². The first-order valence-electron chi connectivity index (χ1n) is 9.60. The highest BCUT2D eigenvalue weighted by molar-refractivity contribution is 6.36. The molecule has 1 amide bonds. The summed E-state index contributed by atoms with van der Waals surface area (Å²) >= 11 is 12.5. The second-order valence-corrected chi connectivity index (χ2v) is 7.90. The van der Waals surface area contributed by atoms with Crippen molar-refractivity contribution in [2.75, 3.05) is 12.4 Å². The molecule has 0 radical (unpaired) electrons. The van der Waals surface area contributed by atoms with Gasteiger partial charge in [-0.3, -0.25) is 9.48 Å². The van der Waals surface area contributed by atoms with Crippen LogP contribution in [0.3, 0.4) is 0 Å². The molecule has 0 saturated carbocycles. The van der Waals surface area contributed by atoms with Crippen molar-refractivity contribution in [3.05, 3.63) is 75.4 Å². The molecule has 0 saturated heterocycles.